The van der Waals surface area contributed by atoms with E-state index in [1.807, 2.05) is 13.1 Å². The molecular formula is C30H28F3N5O4. The Balaban J connectivity index is 1.06. The molecule has 1 aromatic heterocycles. The Kier molecular flexibility index (Phi) is 6.26. The zero-order valence-corrected chi connectivity index (χ0v) is 22.7. The molecule has 3 aromatic rings. The molecule has 2 fully saturated rings. The van der Waals surface area contributed by atoms with Gasteiger partial charge >= 0.3 is 6.18 Å². The minimum absolute atomic E-state index is 0.0444. The van der Waals surface area contributed by atoms with E-state index >= 15 is 0 Å². The molecule has 3 atom stereocenters. The molecule has 7 rings (SSSR count). The summed E-state index contributed by atoms with van der Waals surface area (Å²) >= 11 is 0. The van der Waals surface area contributed by atoms with Crippen molar-refractivity contribution in [3.63, 3.8) is 0 Å². The van der Waals surface area contributed by atoms with Crippen molar-refractivity contribution in [2.24, 2.45) is 0 Å². The van der Waals surface area contributed by atoms with Crippen molar-refractivity contribution in [3.8, 4) is 17.2 Å². The normalized spacial score (nSPS) is 22.8. The van der Waals surface area contributed by atoms with Gasteiger partial charge in [0.05, 0.1) is 17.5 Å². The Morgan fingerprint density at radius 2 is 1.90 bits per heavy atom. The SMILES string of the molecule is CN1CCN(c2ccc(C(=O)NC3C4Oc5ccc(Oc6ccnc7c6CCC(=O)N7)cc5C34)cc2C(F)(F)F)CC1. The van der Waals surface area contributed by atoms with E-state index in [9.17, 15) is 22.8 Å². The third-order valence-corrected chi connectivity index (χ3v) is 8.36. The Bertz CT molecular complexity index is 1590. The van der Waals surface area contributed by atoms with Crippen LogP contribution in [0.4, 0.5) is 24.7 Å². The number of ether oxygens (including phenoxy) is 2. The number of anilines is 2. The first-order chi connectivity index (χ1) is 20.2. The Hall–Kier alpha value is -4.32. The average Bonchev–Trinajstić information content (AvgIpc) is 3.48. The van der Waals surface area contributed by atoms with Crippen LogP contribution in [0.2, 0.25) is 0 Å². The fraction of sp³-hybridized carbons (Fsp3) is 0.367. The maximum Gasteiger partial charge on any atom is 0.418 e. The van der Waals surface area contributed by atoms with Crippen molar-refractivity contribution >= 4 is 23.3 Å². The van der Waals surface area contributed by atoms with Gasteiger partial charge in [0, 0.05) is 61.2 Å². The average molecular weight is 580 g/mol. The number of amides is 2. The molecule has 1 saturated carbocycles. The van der Waals surface area contributed by atoms with Crippen LogP contribution in [-0.2, 0) is 17.4 Å². The number of nitrogens with one attached hydrogen (secondary N) is 2. The lowest BCUT2D eigenvalue weighted by atomic mass is 10.1. The number of nitrogens with zero attached hydrogens (tertiary/aromatic N) is 3. The minimum Gasteiger partial charge on any atom is -0.487 e. The first kappa shape index (κ1) is 26.6. The number of carbonyl (C=O) groups excluding carboxylic acids is 2. The number of fused-ring (bicyclic) bond motifs is 4. The van der Waals surface area contributed by atoms with Gasteiger partial charge in [-0.3, -0.25) is 9.59 Å². The number of aromatic nitrogens is 1. The van der Waals surface area contributed by atoms with Gasteiger partial charge in [-0.05, 0) is 55.9 Å². The molecule has 4 aliphatic rings. The summed E-state index contributed by atoms with van der Waals surface area (Å²) in [5.74, 6) is 1.53. The largest absolute Gasteiger partial charge is 0.487 e. The second-order valence-electron chi connectivity index (χ2n) is 11.1. The van der Waals surface area contributed by atoms with Gasteiger partial charge in [0.2, 0.25) is 5.91 Å². The molecule has 1 aliphatic carbocycles. The first-order valence-electron chi connectivity index (χ1n) is 13.9. The van der Waals surface area contributed by atoms with Crippen molar-refractivity contribution in [2.45, 2.75) is 37.1 Å². The van der Waals surface area contributed by atoms with Crippen LogP contribution in [-0.4, -0.2) is 67.1 Å². The maximum atomic E-state index is 14.0. The molecular weight excluding hydrogens is 551 g/mol. The Morgan fingerprint density at radius 1 is 1.10 bits per heavy atom. The molecule has 1 saturated heterocycles. The molecule has 0 radical (unpaired) electrons. The predicted octanol–water partition coefficient (Wildman–Crippen LogP) is 4.19. The van der Waals surface area contributed by atoms with Gasteiger partial charge in [-0.15, -0.1) is 0 Å². The van der Waals surface area contributed by atoms with Crippen LogP contribution in [0.25, 0.3) is 0 Å². The number of pyridine rings is 1. The number of piperazine rings is 1. The molecule has 218 valence electrons. The molecule has 12 heteroatoms. The second kappa shape index (κ2) is 9.90. The third-order valence-electron chi connectivity index (χ3n) is 8.36. The molecule has 3 unspecified atom stereocenters. The number of carbonyl (C=O) groups is 2. The first-order valence-corrected chi connectivity index (χ1v) is 13.9. The second-order valence-corrected chi connectivity index (χ2v) is 11.1. The number of rotatable bonds is 5. The van der Waals surface area contributed by atoms with Crippen LogP contribution in [0.1, 0.15) is 39.4 Å². The van der Waals surface area contributed by atoms with Gasteiger partial charge in [-0.25, -0.2) is 4.98 Å². The molecule has 0 spiro atoms. The highest BCUT2D eigenvalue weighted by atomic mass is 19.4. The summed E-state index contributed by atoms with van der Waals surface area (Å²) < 4.78 is 54.3. The summed E-state index contributed by atoms with van der Waals surface area (Å²) in [5.41, 5.74) is 0.924. The Morgan fingerprint density at radius 3 is 2.69 bits per heavy atom. The fourth-order valence-corrected chi connectivity index (χ4v) is 6.02. The Labute approximate surface area is 239 Å². The van der Waals surface area contributed by atoms with Gasteiger partial charge in [0.15, 0.2) is 0 Å². The molecule has 9 nitrogen and oxygen atoms in total. The summed E-state index contributed by atoms with van der Waals surface area (Å²) in [4.78, 5) is 32.8. The number of hydrogen-bond donors (Lipinski definition) is 2. The van der Waals surface area contributed by atoms with Crippen LogP contribution in [0.5, 0.6) is 17.2 Å². The van der Waals surface area contributed by atoms with Crippen LogP contribution in [0.3, 0.4) is 0 Å². The van der Waals surface area contributed by atoms with E-state index in [0.29, 0.717) is 62.1 Å². The minimum atomic E-state index is -4.59. The van der Waals surface area contributed by atoms with Crippen LogP contribution in [0, 0.1) is 0 Å². The summed E-state index contributed by atoms with van der Waals surface area (Å²) in [7, 11) is 1.94. The van der Waals surface area contributed by atoms with Crippen LogP contribution >= 0.6 is 0 Å². The molecule has 0 bridgehead atoms. The quantitative estimate of drug-likeness (QED) is 0.468. The van der Waals surface area contributed by atoms with Crippen molar-refractivity contribution in [1.82, 2.24) is 15.2 Å². The van der Waals surface area contributed by atoms with E-state index in [2.05, 4.69) is 20.5 Å². The lowest BCUT2D eigenvalue weighted by molar-refractivity contribution is -0.137. The number of benzene rings is 2. The zero-order valence-electron chi connectivity index (χ0n) is 22.7. The molecule has 3 aliphatic heterocycles. The standard InChI is InChI=1S/C30H28F3N5O4/c1-37-10-12-38(13-11-37)21-5-2-16(14-20(21)30(31,32)33)29(40)36-26-25-19-15-17(3-6-22(19)42-27(25)26)41-23-8-9-34-28-18(23)4-7-24(39)35-28/h2-3,5-6,8-9,14-15,25-27H,4,7,10-13H2,1H3,(H,36,40)(H,34,35,39). The summed E-state index contributed by atoms with van der Waals surface area (Å²) in [5, 5.41) is 5.63. The molecule has 2 aromatic carbocycles. The lowest BCUT2D eigenvalue weighted by Gasteiger charge is -2.35. The fourth-order valence-electron chi connectivity index (χ4n) is 6.02. The predicted molar refractivity (Wildman–Crippen MR) is 147 cm³/mol. The monoisotopic (exact) mass is 579 g/mol. The number of alkyl halides is 3. The van der Waals surface area contributed by atoms with Crippen molar-refractivity contribution < 1.29 is 32.2 Å². The lowest BCUT2D eigenvalue weighted by Crippen LogP contribution is -2.45. The van der Waals surface area contributed by atoms with Gasteiger partial charge < -0.3 is 29.9 Å². The van der Waals surface area contributed by atoms with Crippen LogP contribution < -0.4 is 25.0 Å². The summed E-state index contributed by atoms with van der Waals surface area (Å²) in [6, 6.07) is 10.6. The maximum absolute atomic E-state index is 14.0. The summed E-state index contributed by atoms with van der Waals surface area (Å²) in [6.07, 6.45) is -2.45. The van der Waals surface area contributed by atoms with Crippen LogP contribution in [0.15, 0.2) is 48.7 Å². The van der Waals surface area contributed by atoms with Gasteiger partial charge in [-0.1, -0.05) is 0 Å². The van der Waals surface area contributed by atoms with Gasteiger partial charge in [0.1, 0.15) is 29.2 Å². The highest BCUT2D eigenvalue weighted by Crippen LogP contribution is 2.54. The molecule has 4 heterocycles. The number of halogens is 3. The van der Waals surface area contributed by atoms with E-state index in [-0.39, 0.29) is 35.2 Å². The number of hydrogen-bond acceptors (Lipinski definition) is 7. The van der Waals surface area contributed by atoms with E-state index in [4.69, 9.17) is 9.47 Å². The van der Waals surface area contributed by atoms with E-state index in [1.165, 1.54) is 12.1 Å². The van der Waals surface area contributed by atoms with Crippen molar-refractivity contribution in [2.75, 3.05) is 43.4 Å². The summed E-state index contributed by atoms with van der Waals surface area (Å²) in [6.45, 7) is 2.31. The van der Waals surface area contributed by atoms with Crippen molar-refractivity contribution in [1.29, 1.82) is 0 Å². The van der Waals surface area contributed by atoms with E-state index in [0.717, 1.165) is 17.2 Å². The molecule has 2 amide bonds. The topological polar surface area (TPSA) is 96.0 Å². The molecule has 42 heavy (non-hydrogen) atoms. The smallest absolute Gasteiger partial charge is 0.418 e. The third kappa shape index (κ3) is 4.79. The van der Waals surface area contributed by atoms with E-state index < -0.39 is 17.6 Å². The number of likely N-dealkylation sites (N-methyl/N-ethyl adjacent to an activating group) is 1. The highest BCUT2D eigenvalue weighted by Gasteiger charge is 2.59. The van der Waals surface area contributed by atoms with Crippen molar-refractivity contribution in [3.05, 3.63) is 70.9 Å². The highest BCUT2D eigenvalue weighted by molar-refractivity contribution is 5.96. The van der Waals surface area contributed by atoms with Gasteiger partial charge in [-0.2, -0.15) is 13.2 Å². The molecule has 2 N–H and O–H groups in total. The van der Waals surface area contributed by atoms with E-state index in [1.54, 1.807) is 29.3 Å². The van der Waals surface area contributed by atoms with Gasteiger partial charge in [0.25, 0.3) is 5.91 Å². The zero-order chi connectivity index (χ0) is 29.2.